The summed E-state index contributed by atoms with van der Waals surface area (Å²) in [5.41, 5.74) is -8.26. The minimum absolute atomic E-state index is 0.945. The first-order chi connectivity index (χ1) is 31.9. The van der Waals surface area contributed by atoms with Crippen molar-refractivity contribution in [2.24, 2.45) is 0 Å². The SMILES string of the molecule is N=P.Oc1c(F)c(F)c(O)c(F)c1F.[3H]F.[C-]#[N+]c1c(F)c(F)c(F)c(F)c1[N+]#[C-].[C-]#[N+]c1c(F)c(F)c(Oc2c(F)c(F)c(Oc3c(F)c(F)c(C#N)c(C#N)c3F)c(F)c2F)c(F)c1C#N. The van der Waals surface area contributed by atoms with Crippen LogP contribution >= 0.6 is 9.03 Å². The Morgan fingerprint density at radius 1 is 0.388 bits per heavy atom. The largest absolute Gasteiger partial charge is 0.503 e. The molecule has 346 valence electrons. The molecule has 5 aromatic rings. The molecular weight excluding hydrogens is 986 g/mol. The predicted octanol–water partition coefficient (Wildman–Crippen LogP) is 12.9. The summed E-state index contributed by atoms with van der Waals surface area (Å²) in [4.78, 5) is 7.21. The molecule has 0 atom stereocenters. The number of phenols is 2. The molecule has 0 bridgehead atoms. The molecule has 31 heteroatoms. The topological polar surface area (TPSA) is 167 Å². The van der Waals surface area contributed by atoms with E-state index in [-0.39, 0.29) is 0 Å². The second kappa shape index (κ2) is 22.6. The highest BCUT2D eigenvalue weighted by Crippen LogP contribution is 2.44. The molecule has 0 radical (unpaired) electrons. The van der Waals surface area contributed by atoms with Crippen LogP contribution in [0.15, 0.2) is 0 Å². The number of hydrogen-bond acceptors (Lipinski definition) is 8. The van der Waals surface area contributed by atoms with E-state index in [1.807, 2.05) is 0 Å². The maximum atomic E-state index is 14.5. The number of ether oxygens (including phenoxy) is 2. The van der Waals surface area contributed by atoms with Crippen molar-refractivity contribution < 1.29 is 103 Å². The number of nitrogens with one attached hydrogen (secondary N) is 1. The van der Waals surface area contributed by atoms with Crippen LogP contribution in [0.2, 0.25) is 0 Å². The van der Waals surface area contributed by atoms with Gasteiger partial charge < -0.3 is 19.7 Å². The van der Waals surface area contributed by atoms with E-state index in [2.05, 4.69) is 34.5 Å². The number of rotatable bonds is 4. The molecule has 5 aromatic carbocycles. The third-order valence-electron chi connectivity index (χ3n) is 7.23. The third-order valence-corrected chi connectivity index (χ3v) is 7.23. The lowest BCUT2D eigenvalue weighted by Gasteiger charge is -2.16. The van der Waals surface area contributed by atoms with Crippen LogP contribution in [0.5, 0.6) is 34.5 Å². The van der Waals surface area contributed by atoms with Crippen LogP contribution in [0.1, 0.15) is 16.7 Å². The Balaban J connectivity index is 0.000000625. The number of aromatic hydroxyl groups is 2. The van der Waals surface area contributed by atoms with Crippen molar-refractivity contribution in [2.75, 3.05) is 0 Å². The number of benzene rings is 5. The Kier molecular flexibility index (Phi) is 18.2. The van der Waals surface area contributed by atoms with Gasteiger partial charge in [0, 0.05) is 0 Å². The molecule has 0 unspecified atom stereocenters. The summed E-state index contributed by atoms with van der Waals surface area (Å²) in [6, 6.07) is 2.85. The molecule has 0 saturated heterocycles. The molecule has 0 heterocycles. The summed E-state index contributed by atoms with van der Waals surface area (Å²) >= 11 is 0. The minimum atomic E-state index is -2.69. The third kappa shape index (κ3) is 10.1. The lowest BCUT2D eigenvalue weighted by Crippen LogP contribution is -2.09. The monoisotopic (exact) mass is 993 g/mol. The van der Waals surface area contributed by atoms with Crippen LogP contribution in [0.25, 0.3) is 14.5 Å². The van der Waals surface area contributed by atoms with E-state index < -0.39 is 173 Å². The molecule has 67 heavy (non-hydrogen) atoms. The second-order valence-corrected chi connectivity index (χ2v) is 10.7. The van der Waals surface area contributed by atoms with Crippen LogP contribution in [0.4, 0.5) is 101 Å². The zero-order valence-corrected chi connectivity index (χ0v) is 31.6. The summed E-state index contributed by atoms with van der Waals surface area (Å²) < 4.78 is 264. The molecule has 0 aliphatic rings. The van der Waals surface area contributed by atoms with Gasteiger partial charge in [-0.3, -0.25) is 9.88 Å². The maximum Gasteiger partial charge on any atom is 0.269 e. The molecular formula is C36H5F19N7O4P. The van der Waals surface area contributed by atoms with Crippen LogP contribution in [-0.2, 0) is 0 Å². The van der Waals surface area contributed by atoms with E-state index in [0.29, 0.717) is 0 Å². The molecule has 0 aromatic heterocycles. The van der Waals surface area contributed by atoms with Gasteiger partial charge in [0.05, 0.1) is 25.8 Å². The van der Waals surface area contributed by atoms with Gasteiger partial charge >= 0.3 is 0 Å². The first-order valence-corrected chi connectivity index (χ1v) is 15.7. The highest BCUT2D eigenvalue weighted by Gasteiger charge is 2.35. The van der Waals surface area contributed by atoms with Crippen molar-refractivity contribution in [3.8, 4) is 52.7 Å². The Morgan fingerprint density at radius 2 is 0.612 bits per heavy atom. The Morgan fingerprint density at radius 3 is 0.896 bits per heavy atom. The highest BCUT2D eigenvalue weighted by molar-refractivity contribution is 7.02. The van der Waals surface area contributed by atoms with Gasteiger partial charge in [0.15, 0.2) is 63.9 Å². The maximum absolute atomic E-state index is 14.5. The summed E-state index contributed by atoms with van der Waals surface area (Å²) in [7, 11) is 2.22. The number of halogens is 19. The average Bonchev–Trinajstić information content (AvgIpc) is 3.34. The quantitative estimate of drug-likeness (QED) is 0.0402. The first kappa shape index (κ1) is 54.1. The first-order valence-electron chi connectivity index (χ1n) is 15.6. The number of nitrogens with zero attached hydrogens (tertiary/aromatic N) is 6. The van der Waals surface area contributed by atoms with E-state index in [1.165, 1.54) is 0 Å². The summed E-state index contributed by atoms with van der Waals surface area (Å²) in [6.07, 6.45) is 0. The Labute approximate surface area is 360 Å². The molecule has 11 nitrogen and oxygen atoms in total. The Bertz CT molecular complexity index is 2840. The molecule has 0 aliphatic heterocycles. The molecule has 5 rings (SSSR count). The number of nitriles is 3. The normalized spacial score (nSPS) is 9.78. The summed E-state index contributed by atoms with van der Waals surface area (Å²) in [6.45, 7) is 19.4. The van der Waals surface area contributed by atoms with E-state index in [9.17, 15) is 79.0 Å². The van der Waals surface area contributed by atoms with Gasteiger partial charge in [-0.15, -0.1) is 0 Å². The van der Waals surface area contributed by atoms with Crippen LogP contribution < -0.4 is 9.47 Å². The van der Waals surface area contributed by atoms with Crippen molar-refractivity contribution >= 4 is 26.1 Å². The van der Waals surface area contributed by atoms with Crippen molar-refractivity contribution in [1.29, 1.82) is 22.4 Å². The van der Waals surface area contributed by atoms with Gasteiger partial charge in [-0.25, -0.2) is 54.0 Å². The fourth-order valence-corrected chi connectivity index (χ4v) is 4.26. The smallest absolute Gasteiger partial charge is 0.269 e. The zero-order chi connectivity index (χ0) is 53.0. The molecule has 0 saturated carbocycles. The standard InChI is InChI=1S/C22F10N4O2.C8F4N2.C6H2F4O2.FH.H2NP/c1-36-18-7(4-35)10(25)20(13(28)11(18)26)38-22-16(31)14(29)21(15(30)17(22)32)37-19-9(24)6(3-34)5(2-33)8(23)12(19)27;1-13-7-5(11)3(9)4(10)6(12)8(7)14-2;7-1-2(8)6(12)4(10)3(9)5(1)11;;1-2/h;;11-12H;1H;1-2H/i/hT. The average molecular weight is 993 g/mol. The fourth-order valence-electron chi connectivity index (χ4n) is 4.26. The molecule has 0 fully saturated rings. The molecule has 3 N–H and O–H groups in total. The fraction of sp³-hybridized carbons (Fsp3) is 0. The van der Waals surface area contributed by atoms with Crippen LogP contribution in [0, 0.1) is 164 Å². The lowest BCUT2D eigenvalue weighted by molar-refractivity contribution is 0.304. The van der Waals surface area contributed by atoms with Gasteiger partial charge in [0.1, 0.15) is 28.8 Å². The second-order valence-electron chi connectivity index (χ2n) is 10.7. The minimum Gasteiger partial charge on any atom is -0.503 e. The van der Waals surface area contributed by atoms with Crippen molar-refractivity contribution in [2.45, 2.75) is 0 Å². The van der Waals surface area contributed by atoms with E-state index >= 15 is 0 Å². The van der Waals surface area contributed by atoms with Gasteiger partial charge in [-0.1, -0.05) is 0 Å². The van der Waals surface area contributed by atoms with Crippen molar-refractivity contribution in [3.05, 3.63) is 156 Å². The van der Waals surface area contributed by atoms with Crippen molar-refractivity contribution in [3.63, 3.8) is 0 Å². The van der Waals surface area contributed by atoms with Gasteiger partial charge in [0.2, 0.25) is 92.4 Å². The molecule has 0 aliphatic carbocycles. The van der Waals surface area contributed by atoms with Gasteiger partial charge in [-0.05, 0) is 9.03 Å². The van der Waals surface area contributed by atoms with Gasteiger partial charge in [0.25, 0.3) is 1.45 Å². The van der Waals surface area contributed by atoms with E-state index in [0.717, 1.165) is 18.2 Å². The summed E-state index contributed by atoms with van der Waals surface area (Å²) in [5.74, 6) is -52.9. The predicted molar refractivity (Wildman–Crippen MR) is 181 cm³/mol. The van der Waals surface area contributed by atoms with Gasteiger partial charge in [-0.2, -0.15) is 55.3 Å². The number of phenolic OH excluding ortho intramolecular Hbond substituents is 2. The van der Waals surface area contributed by atoms with E-state index in [4.69, 9.17) is 55.6 Å². The summed E-state index contributed by atoms with van der Waals surface area (Å²) in [5, 5.41) is 48.7. The van der Waals surface area contributed by atoms with Crippen LogP contribution in [-0.4, -0.2) is 11.7 Å². The zero-order valence-electron chi connectivity index (χ0n) is 31.6. The highest BCUT2D eigenvalue weighted by atomic mass is 31.0. The molecule has 0 spiro atoms. The lowest BCUT2D eigenvalue weighted by atomic mass is 10.1. The Hall–Kier alpha value is -8.99. The van der Waals surface area contributed by atoms with Crippen molar-refractivity contribution in [1.82, 2.24) is 0 Å². The van der Waals surface area contributed by atoms with Crippen LogP contribution in [0.3, 0.4) is 0 Å². The number of hydrogen-bond donors (Lipinski definition) is 3. The van der Waals surface area contributed by atoms with E-state index in [1.54, 1.807) is 0 Å². The molecule has 0 amide bonds.